The molecular weight excluding hydrogens is 372 g/mol. The van der Waals surface area contributed by atoms with Crippen LogP contribution in [0.5, 0.6) is 11.5 Å². The molecule has 2 N–H and O–H groups in total. The van der Waals surface area contributed by atoms with Crippen LogP contribution in [0.3, 0.4) is 0 Å². The number of aromatic amines is 1. The summed E-state index contributed by atoms with van der Waals surface area (Å²) in [5, 5.41) is 10.9. The SMILES string of the molecule is COc1ccccc1OCCNC(=O)[C@@H]1CC(=O)N(c2n[nH]c3ccccc23)C1. The number of H-pyrrole nitrogens is 1. The normalized spacial score (nSPS) is 16.2. The molecule has 2 amide bonds. The maximum atomic E-state index is 12.5. The van der Waals surface area contributed by atoms with Crippen LogP contribution in [0.15, 0.2) is 48.5 Å². The molecule has 2 aromatic carbocycles. The summed E-state index contributed by atoms with van der Waals surface area (Å²) in [5.74, 6) is 1.15. The number of anilines is 1. The second kappa shape index (κ2) is 8.22. The minimum Gasteiger partial charge on any atom is -0.493 e. The minimum atomic E-state index is -0.413. The fourth-order valence-corrected chi connectivity index (χ4v) is 3.46. The van der Waals surface area contributed by atoms with Crippen molar-refractivity contribution in [2.45, 2.75) is 6.42 Å². The predicted octanol–water partition coefficient (Wildman–Crippen LogP) is 2.12. The molecule has 1 aromatic heterocycles. The summed E-state index contributed by atoms with van der Waals surface area (Å²) in [5.41, 5.74) is 0.858. The Bertz CT molecular complexity index is 1030. The van der Waals surface area contributed by atoms with Crippen LogP contribution in [0, 0.1) is 5.92 Å². The van der Waals surface area contributed by atoms with Gasteiger partial charge < -0.3 is 14.8 Å². The molecule has 0 bridgehead atoms. The van der Waals surface area contributed by atoms with Crippen molar-refractivity contribution in [3.63, 3.8) is 0 Å². The fraction of sp³-hybridized carbons (Fsp3) is 0.286. The Kier molecular flexibility index (Phi) is 5.33. The first kappa shape index (κ1) is 18.8. The largest absolute Gasteiger partial charge is 0.493 e. The van der Waals surface area contributed by atoms with E-state index in [0.29, 0.717) is 37.0 Å². The van der Waals surface area contributed by atoms with Gasteiger partial charge in [-0.3, -0.25) is 19.6 Å². The van der Waals surface area contributed by atoms with Crippen LogP contribution >= 0.6 is 0 Å². The lowest BCUT2D eigenvalue weighted by Crippen LogP contribution is -2.35. The number of nitrogens with one attached hydrogen (secondary N) is 2. The molecule has 1 saturated heterocycles. The van der Waals surface area contributed by atoms with Gasteiger partial charge in [-0.1, -0.05) is 24.3 Å². The van der Waals surface area contributed by atoms with Crippen molar-refractivity contribution in [3.8, 4) is 11.5 Å². The lowest BCUT2D eigenvalue weighted by Gasteiger charge is -2.15. The molecule has 0 aliphatic carbocycles. The summed E-state index contributed by atoms with van der Waals surface area (Å²) in [6, 6.07) is 14.9. The van der Waals surface area contributed by atoms with E-state index in [1.807, 2.05) is 48.5 Å². The zero-order valence-electron chi connectivity index (χ0n) is 16.1. The van der Waals surface area contributed by atoms with E-state index >= 15 is 0 Å². The summed E-state index contributed by atoms with van der Waals surface area (Å²) < 4.78 is 10.9. The summed E-state index contributed by atoms with van der Waals surface area (Å²) in [6.07, 6.45) is 0.167. The molecule has 4 rings (SSSR count). The molecule has 3 aromatic rings. The molecule has 8 nitrogen and oxygen atoms in total. The number of aromatic nitrogens is 2. The third kappa shape index (κ3) is 3.87. The first-order valence-electron chi connectivity index (χ1n) is 9.44. The molecule has 29 heavy (non-hydrogen) atoms. The molecule has 1 atom stereocenters. The van der Waals surface area contributed by atoms with Crippen molar-refractivity contribution in [1.82, 2.24) is 15.5 Å². The maximum Gasteiger partial charge on any atom is 0.229 e. The number of nitrogens with zero attached hydrogens (tertiary/aromatic N) is 2. The van der Waals surface area contributed by atoms with E-state index < -0.39 is 5.92 Å². The van der Waals surface area contributed by atoms with Crippen molar-refractivity contribution in [2.75, 3.05) is 31.7 Å². The van der Waals surface area contributed by atoms with Crippen LogP contribution < -0.4 is 19.7 Å². The van der Waals surface area contributed by atoms with Gasteiger partial charge in [-0.25, -0.2) is 0 Å². The van der Waals surface area contributed by atoms with Crippen molar-refractivity contribution < 1.29 is 19.1 Å². The number of fused-ring (bicyclic) bond motifs is 1. The second-order valence-electron chi connectivity index (χ2n) is 6.79. The van der Waals surface area contributed by atoms with E-state index in [2.05, 4.69) is 15.5 Å². The topological polar surface area (TPSA) is 96.5 Å². The fourth-order valence-electron chi connectivity index (χ4n) is 3.46. The third-order valence-electron chi connectivity index (χ3n) is 4.93. The highest BCUT2D eigenvalue weighted by molar-refractivity contribution is 6.05. The van der Waals surface area contributed by atoms with Gasteiger partial charge in [0.25, 0.3) is 0 Å². The van der Waals surface area contributed by atoms with Gasteiger partial charge in [0.2, 0.25) is 11.8 Å². The highest BCUT2D eigenvalue weighted by atomic mass is 16.5. The number of carbonyl (C=O) groups is 2. The monoisotopic (exact) mass is 394 g/mol. The van der Waals surface area contributed by atoms with Crippen molar-refractivity contribution in [2.24, 2.45) is 5.92 Å². The summed E-state index contributed by atoms with van der Waals surface area (Å²) >= 11 is 0. The van der Waals surface area contributed by atoms with Crippen LogP contribution in [0.4, 0.5) is 5.82 Å². The van der Waals surface area contributed by atoms with Crippen LogP contribution in [0.1, 0.15) is 6.42 Å². The van der Waals surface area contributed by atoms with E-state index in [1.165, 1.54) is 0 Å². The van der Waals surface area contributed by atoms with Gasteiger partial charge in [0, 0.05) is 18.4 Å². The summed E-state index contributed by atoms with van der Waals surface area (Å²) in [6.45, 7) is 0.959. The van der Waals surface area contributed by atoms with Gasteiger partial charge >= 0.3 is 0 Å². The standard InChI is InChI=1S/C21H22N4O4/c1-28-17-8-4-5-9-18(17)29-11-10-22-21(27)14-12-19(26)25(13-14)20-15-6-2-3-7-16(15)23-24-20/h2-9,14H,10-13H2,1H3,(H,22,27)(H,23,24)/t14-/m1/s1. The highest BCUT2D eigenvalue weighted by Gasteiger charge is 2.36. The molecule has 1 fully saturated rings. The Morgan fingerprint density at radius 3 is 2.79 bits per heavy atom. The van der Waals surface area contributed by atoms with Crippen LogP contribution in [0.25, 0.3) is 10.9 Å². The Morgan fingerprint density at radius 1 is 1.21 bits per heavy atom. The van der Waals surface area contributed by atoms with Crippen molar-refractivity contribution >= 4 is 28.5 Å². The third-order valence-corrected chi connectivity index (χ3v) is 4.93. The Balaban J connectivity index is 1.31. The molecule has 0 radical (unpaired) electrons. The number of benzene rings is 2. The predicted molar refractivity (Wildman–Crippen MR) is 108 cm³/mol. The van der Waals surface area contributed by atoms with Crippen LogP contribution in [-0.2, 0) is 9.59 Å². The lowest BCUT2D eigenvalue weighted by atomic mass is 10.1. The first-order valence-corrected chi connectivity index (χ1v) is 9.44. The summed E-state index contributed by atoms with van der Waals surface area (Å²) in [4.78, 5) is 26.6. The molecule has 8 heteroatoms. The highest BCUT2D eigenvalue weighted by Crippen LogP contribution is 2.29. The van der Waals surface area contributed by atoms with E-state index in [4.69, 9.17) is 9.47 Å². The van der Waals surface area contributed by atoms with E-state index in [9.17, 15) is 9.59 Å². The molecular formula is C21H22N4O4. The summed E-state index contributed by atoms with van der Waals surface area (Å²) in [7, 11) is 1.58. The average Bonchev–Trinajstić information content (AvgIpc) is 3.34. The Labute approximate surface area is 167 Å². The number of carbonyl (C=O) groups excluding carboxylic acids is 2. The number of hydrogen-bond donors (Lipinski definition) is 2. The average molecular weight is 394 g/mol. The Hall–Kier alpha value is -3.55. The van der Waals surface area contributed by atoms with E-state index in [-0.39, 0.29) is 18.2 Å². The van der Waals surface area contributed by atoms with E-state index in [1.54, 1.807) is 12.0 Å². The van der Waals surface area contributed by atoms with Crippen LogP contribution in [0.2, 0.25) is 0 Å². The van der Waals surface area contributed by atoms with Crippen LogP contribution in [-0.4, -0.2) is 48.8 Å². The Morgan fingerprint density at radius 2 is 1.97 bits per heavy atom. The van der Waals surface area contributed by atoms with Crippen molar-refractivity contribution in [1.29, 1.82) is 0 Å². The van der Waals surface area contributed by atoms with Gasteiger partial charge in [-0.2, -0.15) is 5.10 Å². The zero-order valence-corrected chi connectivity index (χ0v) is 16.1. The molecule has 0 spiro atoms. The molecule has 150 valence electrons. The number of methoxy groups -OCH3 is 1. The number of hydrogen-bond acceptors (Lipinski definition) is 5. The zero-order chi connectivity index (χ0) is 20.2. The molecule has 1 aliphatic rings. The quantitative estimate of drug-likeness (QED) is 0.599. The van der Waals surface area contributed by atoms with Gasteiger partial charge in [0.15, 0.2) is 17.3 Å². The second-order valence-corrected chi connectivity index (χ2v) is 6.79. The minimum absolute atomic E-state index is 0.104. The molecule has 1 aliphatic heterocycles. The first-order chi connectivity index (χ1) is 14.2. The van der Waals surface area contributed by atoms with E-state index in [0.717, 1.165) is 10.9 Å². The smallest absolute Gasteiger partial charge is 0.229 e. The number of para-hydroxylation sites is 3. The molecule has 0 saturated carbocycles. The van der Waals surface area contributed by atoms with Crippen molar-refractivity contribution in [3.05, 3.63) is 48.5 Å². The maximum absolute atomic E-state index is 12.5. The lowest BCUT2D eigenvalue weighted by molar-refractivity contribution is -0.126. The van der Waals surface area contributed by atoms with Gasteiger partial charge in [0.1, 0.15) is 6.61 Å². The van der Waals surface area contributed by atoms with Gasteiger partial charge in [0.05, 0.1) is 25.1 Å². The van der Waals surface area contributed by atoms with Gasteiger partial charge in [-0.15, -0.1) is 0 Å². The molecule has 2 heterocycles. The van der Waals surface area contributed by atoms with Gasteiger partial charge in [-0.05, 0) is 24.3 Å². The number of amides is 2. The molecule has 0 unspecified atom stereocenters. The number of ether oxygens (including phenoxy) is 2. The number of rotatable bonds is 7.